The van der Waals surface area contributed by atoms with Crippen molar-refractivity contribution in [2.24, 2.45) is 0 Å². The van der Waals surface area contributed by atoms with Gasteiger partial charge >= 0.3 is 0 Å². The maximum absolute atomic E-state index is 15.0. The van der Waals surface area contributed by atoms with Crippen molar-refractivity contribution in [3.8, 4) is 0 Å². The highest BCUT2D eigenvalue weighted by Gasteiger charge is 2.27. The SMILES string of the molecule is O=C(Nc1cc(F)c(F)c(C(=O)c2cc3cccnc3cn2)c1F)c1ccc(F)c(F)c1. The van der Waals surface area contributed by atoms with E-state index in [2.05, 4.69) is 9.97 Å². The lowest BCUT2D eigenvalue weighted by Crippen LogP contribution is -2.17. The number of benzene rings is 2. The first-order valence-corrected chi connectivity index (χ1v) is 8.95. The number of nitrogens with zero attached hydrogens (tertiary/aromatic N) is 2. The van der Waals surface area contributed by atoms with Gasteiger partial charge in [-0.25, -0.2) is 22.0 Å². The summed E-state index contributed by atoms with van der Waals surface area (Å²) in [5.74, 6) is -9.90. The summed E-state index contributed by atoms with van der Waals surface area (Å²) in [5, 5.41) is 2.38. The van der Waals surface area contributed by atoms with E-state index in [1.54, 1.807) is 12.1 Å². The molecule has 0 fully saturated rings. The fourth-order valence-electron chi connectivity index (χ4n) is 2.95. The molecule has 4 aromatic rings. The van der Waals surface area contributed by atoms with Crippen molar-refractivity contribution in [1.82, 2.24) is 9.97 Å². The van der Waals surface area contributed by atoms with Crippen LogP contribution < -0.4 is 5.32 Å². The van der Waals surface area contributed by atoms with Crippen molar-refractivity contribution in [2.75, 3.05) is 5.32 Å². The Morgan fingerprint density at radius 2 is 1.59 bits per heavy atom. The second-order valence-corrected chi connectivity index (χ2v) is 6.59. The molecule has 2 aromatic carbocycles. The van der Waals surface area contributed by atoms with Gasteiger partial charge in [-0.15, -0.1) is 0 Å². The number of carbonyl (C=O) groups excluding carboxylic acids is 2. The van der Waals surface area contributed by atoms with Gasteiger partial charge in [0.1, 0.15) is 11.3 Å². The molecule has 0 saturated carbocycles. The topological polar surface area (TPSA) is 72.0 Å². The number of amides is 1. The molecule has 0 atom stereocenters. The lowest BCUT2D eigenvalue weighted by atomic mass is 10.0. The third-order valence-corrected chi connectivity index (χ3v) is 4.54. The summed E-state index contributed by atoms with van der Waals surface area (Å²) in [6.45, 7) is 0. The van der Waals surface area contributed by atoms with Crippen LogP contribution >= 0.6 is 0 Å². The Kier molecular flexibility index (Phi) is 5.35. The zero-order valence-electron chi connectivity index (χ0n) is 15.8. The van der Waals surface area contributed by atoms with Crippen molar-refractivity contribution >= 4 is 28.3 Å². The molecule has 1 amide bonds. The summed E-state index contributed by atoms with van der Waals surface area (Å²) < 4.78 is 69.9. The molecule has 0 bridgehead atoms. The Morgan fingerprint density at radius 1 is 0.812 bits per heavy atom. The number of carbonyl (C=O) groups is 2. The van der Waals surface area contributed by atoms with Gasteiger partial charge in [0, 0.05) is 23.2 Å². The fraction of sp³-hybridized carbons (Fsp3) is 0. The van der Waals surface area contributed by atoms with E-state index in [0.717, 1.165) is 6.07 Å². The number of fused-ring (bicyclic) bond motifs is 1. The maximum Gasteiger partial charge on any atom is 0.255 e. The second kappa shape index (κ2) is 8.14. The summed E-state index contributed by atoms with van der Waals surface area (Å²) >= 11 is 0. The van der Waals surface area contributed by atoms with Crippen LogP contribution in [0.15, 0.2) is 54.9 Å². The zero-order valence-corrected chi connectivity index (χ0v) is 15.8. The molecule has 0 saturated heterocycles. The number of nitrogens with one attached hydrogen (secondary N) is 1. The first-order chi connectivity index (χ1) is 15.3. The summed E-state index contributed by atoms with van der Waals surface area (Å²) in [4.78, 5) is 32.8. The molecule has 0 aliphatic carbocycles. The van der Waals surface area contributed by atoms with Gasteiger partial charge in [-0.2, -0.15) is 0 Å². The Labute approximate surface area is 176 Å². The van der Waals surface area contributed by atoms with Gasteiger partial charge in [-0.3, -0.25) is 19.6 Å². The quantitative estimate of drug-likeness (QED) is 0.279. The molecular formula is C22H10F5N3O2. The van der Waals surface area contributed by atoms with Crippen molar-refractivity contribution in [3.05, 3.63) is 101 Å². The van der Waals surface area contributed by atoms with Gasteiger partial charge in [0.25, 0.3) is 5.91 Å². The van der Waals surface area contributed by atoms with Gasteiger partial charge < -0.3 is 5.32 Å². The smallest absolute Gasteiger partial charge is 0.255 e. The Morgan fingerprint density at radius 3 is 2.34 bits per heavy atom. The van der Waals surface area contributed by atoms with Crippen LogP contribution in [0.25, 0.3) is 10.9 Å². The van der Waals surface area contributed by atoms with Crippen LogP contribution in [0.4, 0.5) is 27.6 Å². The van der Waals surface area contributed by atoms with E-state index in [1.165, 1.54) is 18.5 Å². The molecule has 0 aliphatic rings. The van der Waals surface area contributed by atoms with Gasteiger partial charge in [-0.1, -0.05) is 6.07 Å². The predicted molar refractivity (Wildman–Crippen MR) is 104 cm³/mol. The molecule has 10 heteroatoms. The van der Waals surface area contributed by atoms with Crippen LogP contribution in [0.1, 0.15) is 26.4 Å². The van der Waals surface area contributed by atoms with E-state index in [4.69, 9.17) is 0 Å². The first-order valence-electron chi connectivity index (χ1n) is 8.95. The van der Waals surface area contributed by atoms with Crippen molar-refractivity contribution < 1.29 is 31.5 Å². The molecule has 2 aromatic heterocycles. The Balaban J connectivity index is 1.73. The number of pyridine rings is 2. The van der Waals surface area contributed by atoms with Crippen LogP contribution in [0, 0.1) is 29.1 Å². The highest BCUT2D eigenvalue weighted by molar-refractivity contribution is 6.11. The number of hydrogen-bond acceptors (Lipinski definition) is 4. The lowest BCUT2D eigenvalue weighted by Gasteiger charge is -2.12. The summed E-state index contributed by atoms with van der Waals surface area (Å²) in [6.07, 6.45) is 2.70. The largest absolute Gasteiger partial charge is 0.319 e. The fourth-order valence-corrected chi connectivity index (χ4v) is 2.95. The number of anilines is 1. The Hall–Kier alpha value is -4.21. The molecule has 0 aliphatic heterocycles. The highest BCUT2D eigenvalue weighted by atomic mass is 19.2. The molecule has 1 N–H and O–H groups in total. The van der Waals surface area contributed by atoms with E-state index >= 15 is 0 Å². The van der Waals surface area contributed by atoms with Crippen LogP contribution in [-0.4, -0.2) is 21.7 Å². The normalized spacial score (nSPS) is 10.9. The predicted octanol–water partition coefficient (Wildman–Crippen LogP) is 4.81. The standard InChI is InChI=1S/C22H10F5N3O2/c23-12-4-3-11(6-13(12)24)22(32)30-15-8-14(25)19(26)18(20(15)27)21(31)16-7-10-2-1-5-28-17(10)9-29-16/h1-9H,(H,30,32). The minimum Gasteiger partial charge on any atom is -0.319 e. The first kappa shape index (κ1) is 21.0. The van der Waals surface area contributed by atoms with E-state index in [1.807, 2.05) is 5.32 Å². The maximum atomic E-state index is 15.0. The molecule has 0 radical (unpaired) electrons. The number of hydrogen-bond donors (Lipinski definition) is 1. The van der Waals surface area contributed by atoms with Crippen molar-refractivity contribution in [2.45, 2.75) is 0 Å². The van der Waals surface area contributed by atoms with Crippen LogP contribution in [0.3, 0.4) is 0 Å². The average molecular weight is 443 g/mol. The van der Waals surface area contributed by atoms with Crippen LogP contribution in [0.2, 0.25) is 0 Å². The molecule has 4 rings (SSSR count). The number of halogens is 5. The molecule has 160 valence electrons. The highest BCUT2D eigenvalue weighted by Crippen LogP contribution is 2.27. The summed E-state index contributed by atoms with van der Waals surface area (Å²) in [7, 11) is 0. The minimum atomic E-state index is -1.77. The third kappa shape index (κ3) is 3.78. The van der Waals surface area contributed by atoms with Gasteiger partial charge in [0.2, 0.25) is 5.78 Å². The molecule has 2 heterocycles. The summed E-state index contributed by atoms with van der Waals surface area (Å²) in [6, 6.07) is 6.84. The van der Waals surface area contributed by atoms with Gasteiger partial charge in [0.15, 0.2) is 29.1 Å². The van der Waals surface area contributed by atoms with Crippen LogP contribution in [-0.2, 0) is 0 Å². The molecule has 32 heavy (non-hydrogen) atoms. The molecular weight excluding hydrogens is 433 g/mol. The monoisotopic (exact) mass is 443 g/mol. The van der Waals surface area contributed by atoms with Gasteiger partial charge in [-0.05, 0) is 30.3 Å². The van der Waals surface area contributed by atoms with E-state index in [0.29, 0.717) is 29.1 Å². The van der Waals surface area contributed by atoms with Gasteiger partial charge in [0.05, 0.1) is 17.4 Å². The number of rotatable bonds is 4. The van der Waals surface area contributed by atoms with E-state index in [-0.39, 0.29) is 5.69 Å². The molecule has 5 nitrogen and oxygen atoms in total. The van der Waals surface area contributed by atoms with E-state index in [9.17, 15) is 31.5 Å². The third-order valence-electron chi connectivity index (χ3n) is 4.54. The average Bonchev–Trinajstić information content (AvgIpc) is 2.78. The minimum absolute atomic E-state index is 0.330. The summed E-state index contributed by atoms with van der Waals surface area (Å²) in [5.41, 5.74) is -2.52. The van der Waals surface area contributed by atoms with Crippen molar-refractivity contribution in [3.63, 3.8) is 0 Å². The Bertz CT molecular complexity index is 1410. The molecule has 0 unspecified atom stereocenters. The van der Waals surface area contributed by atoms with Crippen LogP contribution in [0.5, 0.6) is 0 Å². The molecule has 0 spiro atoms. The van der Waals surface area contributed by atoms with E-state index < -0.39 is 57.6 Å². The van der Waals surface area contributed by atoms with Crippen molar-refractivity contribution in [1.29, 1.82) is 0 Å². The second-order valence-electron chi connectivity index (χ2n) is 6.59. The number of ketones is 1. The lowest BCUT2D eigenvalue weighted by molar-refractivity contribution is 0.101. The number of aromatic nitrogens is 2. The zero-order chi connectivity index (χ0) is 23.0.